The Balaban J connectivity index is 1.47. The molecule has 10 heteroatoms. The number of esters is 1. The number of rotatable bonds is 5. The van der Waals surface area contributed by atoms with E-state index in [1.165, 1.54) is 29.4 Å². The van der Waals surface area contributed by atoms with Crippen LogP contribution in [0.4, 0.5) is 5.13 Å². The van der Waals surface area contributed by atoms with Gasteiger partial charge < -0.3 is 9.72 Å². The number of hydrogen-bond acceptors (Lipinski definition) is 7. The number of aromatic nitrogens is 5. The maximum absolute atomic E-state index is 12.4. The molecule has 3 heterocycles. The molecule has 4 rings (SSSR count). The molecule has 28 heavy (non-hydrogen) atoms. The number of H-pyrrole nitrogens is 1. The Morgan fingerprint density at radius 2 is 2.07 bits per heavy atom. The molecule has 4 aromatic rings. The Labute approximate surface area is 163 Å². The van der Waals surface area contributed by atoms with E-state index in [9.17, 15) is 9.59 Å². The molecular formula is C18H14N6O3S. The van der Waals surface area contributed by atoms with Crippen LogP contribution in [0.5, 0.6) is 0 Å². The number of nitrogens with one attached hydrogen (secondary N) is 2. The zero-order valence-corrected chi connectivity index (χ0v) is 15.4. The molecule has 0 atom stereocenters. The second kappa shape index (κ2) is 7.45. The Hall–Kier alpha value is -3.79. The third-order valence-electron chi connectivity index (χ3n) is 3.82. The quantitative estimate of drug-likeness (QED) is 0.503. The average Bonchev–Trinajstić information content (AvgIpc) is 3.47. The summed E-state index contributed by atoms with van der Waals surface area (Å²) in [6, 6.07) is 10.9. The van der Waals surface area contributed by atoms with Gasteiger partial charge in [-0.1, -0.05) is 18.2 Å². The summed E-state index contributed by atoms with van der Waals surface area (Å²) in [5.41, 5.74) is 2.60. The van der Waals surface area contributed by atoms with Crippen molar-refractivity contribution in [2.24, 2.45) is 0 Å². The van der Waals surface area contributed by atoms with Crippen LogP contribution in [0, 0.1) is 0 Å². The monoisotopic (exact) mass is 394 g/mol. The van der Waals surface area contributed by atoms with E-state index >= 15 is 0 Å². The lowest BCUT2D eigenvalue weighted by atomic mass is 10.2. The van der Waals surface area contributed by atoms with Crippen LogP contribution in [0.3, 0.4) is 0 Å². The number of carbonyl (C=O) groups is 2. The number of nitrogens with zero attached hydrogens (tertiary/aromatic N) is 4. The van der Waals surface area contributed by atoms with E-state index in [0.717, 1.165) is 5.69 Å². The van der Waals surface area contributed by atoms with Crippen LogP contribution in [-0.4, -0.2) is 43.9 Å². The standard InChI is InChI=1S/C18H14N6O3S/c1-27-17(26)13-7-11(8-19-13)15-10-28-18(21-15)22-16(25)14-9-20-24(23-14)12-5-3-2-4-6-12/h2-10,19H,1H3,(H,21,22,25). The average molecular weight is 394 g/mol. The molecule has 0 fully saturated rings. The van der Waals surface area contributed by atoms with Crippen molar-refractivity contribution in [3.63, 3.8) is 0 Å². The molecule has 3 aromatic heterocycles. The molecule has 0 unspecified atom stereocenters. The topological polar surface area (TPSA) is 115 Å². The van der Waals surface area contributed by atoms with E-state index < -0.39 is 11.9 Å². The zero-order chi connectivity index (χ0) is 19.5. The summed E-state index contributed by atoms with van der Waals surface area (Å²) in [4.78, 5) is 32.5. The summed E-state index contributed by atoms with van der Waals surface area (Å²) >= 11 is 1.27. The van der Waals surface area contributed by atoms with Crippen LogP contribution in [0.15, 0.2) is 54.2 Å². The molecule has 1 aromatic carbocycles. The van der Waals surface area contributed by atoms with E-state index in [0.29, 0.717) is 22.1 Å². The Morgan fingerprint density at radius 1 is 1.25 bits per heavy atom. The van der Waals surface area contributed by atoms with Crippen LogP contribution >= 0.6 is 11.3 Å². The fraction of sp³-hybridized carbons (Fsp3) is 0.0556. The molecule has 0 aliphatic rings. The van der Waals surface area contributed by atoms with Crippen LogP contribution in [0.2, 0.25) is 0 Å². The van der Waals surface area contributed by atoms with Gasteiger partial charge in [0.2, 0.25) is 0 Å². The summed E-state index contributed by atoms with van der Waals surface area (Å²) in [6.45, 7) is 0. The molecule has 0 bridgehead atoms. The number of aromatic amines is 1. The number of amides is 1. The van der Waals surface area contributed by atoms with Gasteiger partial charge in [0.1, 0.15) is 5.69 Å². The van der Waals surface area contributed by atoms with Crippen molar-refractivity contribution in [2.45, 2.75) is 0 Å². The molecule has 2 N–H and O–H groups in total. The highest BCUT2D eigenvalue weighted by molar-refractivity contribution is 7.14. The first-order chi connectivity index (χ1) is 13.6. The molecule has 140 valence electrons. The molecule has 9 nitrogen and oxygen atoms in total. The number of anilines is 1. The number of para-hydroxylation sites is 1. The van der Waals surface area contributed by atoms with Crippen LogP contribution in [-0.2, 0) is 4.74 Å². The first-order valence-electron chi connectivity index (χ1n) is 8.16. The predicted octanol–water partition coefficient (Wildman–Crippen LogP) is 2.76. The SMILES string of the molecule is COC(=O)c1cc(-c2csc(NC(=O)c3cnn(-c4ccccc4)n3)n2)c[nH]1. The van der Waals surface area contributed by atoms with Gasteiger partial charge in [-0.15, -0.1) is 16.4 Å². The van der Waals surface area contributed by atoms with E-state index in [1.54, 1.807) is 17.6 Å². The number of carbonyl (C=O) groups excluding carboxylic acids is 2. The molecule has 0 spiro atoms. The van der Waals surface area contributed by atoms with Crippen LogP contribution in [0.25, 0.3) is 16.9 Å². The first-order valence-corrected chi connectivity index (χ1v) is 9.04. The van der Waals surface area contributed by atoms with Gasteiger partial charge in [-0.05, 0) is 18.2 Å². The summed E-state index contributed by atoms with van der Waals surface area (Å²) in [5, 5.41) is 13.2. The minimum atomic E-state index is -0.462. The highest BCUT2D eigenvalue weighted by Gasteiger charge is 2.15. The number of hydrogen-bond donors (Lipinski definition) is 2. The molecule has 0 aliphatic heterocycles. The van der Waals surface area contributed by atoms with E-state index in [2.05, 4.69) is 30.2 Å². The maximum atomic E-state index is 12.4. The third-order valence-corrected chi connectivity index (χ3v) is 4.58. The van der Waals surface area contributed by atoms with Gasteiger partial charge in [-0.25, -0.2) is 9.78 Å². The highest BCUT2D eigenvalue weighted by atomic mass is 32.1. The maximum Gasteiger partial charge on any atom is 0.354 e. The number of methoxy groups -OCH3 is 1. The van der Waals surface area contributed by atoms with Gasteiger partial charge in [0.15, 0.2) is 10.8 Å². The molecule has 1 amide bonds. The smallest absolute Gasteiger partial charge is 0.354 e. The third kappa shape index (κ3) is 3.53. The van der Waals surface area contributed by atoms with Gasteiger partial charge in [0.25, 0.3) is 5.91 Å². The zero-order valence-electron chi connectivity index (χ0n) is 14.6. The summed E-state index contributed by atoms with van der Waals surface area (Å²) in [6.07, 6.45) is 3.05. The van der Waals surface area contributed by atoms with E-state index in [-0.39, 0.29) is 5.69 Å². The van der Waals surface area contributed by atoms with Crippen molar-refractivity contribution in [2.75, 3.05) is 12.4 Å². The van der Waals surface area contributed by atoms with E-state index in [4.69, 9.17) is 0 Å². The lowest BCUT2D eigenvalue weighted by Gasteiger charge is -1.98. The van der Waals surface area contributed by atoms with Crippen LogP contribution < -0.4 is 5.32 Å². The summed E-state index contributed by atoms with van der Waals surface area (Å²) in [7, 11) is 1.31. The van der Waals surface area contributed by atoms with Crippen molar-refractivity contribution in [3.8, 4) is 16.9 Å². The Morgan fingerprint density at radius 3 is 2.86 bits per heavy atom. The fourth-order valence-electron chi connectivity index (χ4n) is 2.45. The molecular weight excluding hydrogens is 380 g/mol. The molecule has 0 aliphatic carbocycles. The number of benzene rings is 1. The summed E-state index contributed by atoms with van der Waals surface area (Å²) in [5.74, 6) is -0.871. The lowest BCUT2D eigenvalue weighted by molar-refractivity contribution is 0.0594. The normalized spacial score (nSPS) is 10.6. The minimum Gasteiger partial charge on any atom is -0.464 e. The lowest BCUT2D eigenvalue weighted by Crippen LogP contribution is -2.13. The van der Waals surface area contributed by atoms with Crippen LogP contribution in [0.1, 0.15) is 21.0 Å². The van der Waals surface area contributed by atoms with Crippen molar-refractivity contribution in [1.82, 2.24) is 25.0 Å². The van der Waals surface area contributed by atoms with Gasteiger partial charge in [0.05, 0.1) is 24.7 Å². The minimum absolute atomic E-state index is 0.176. The molecule has 0 radical (unpaired) electrons. The van der Waals surface area contributed by atoms with Crippen molar-refractivity contribution >= 4 is 28.3 Å². The molecule has 0 saturated heterocycles. The fourth-order valence-corrected chi connectivity index (χ4v) is 3.16. The van der Waals surface area contributed by atoms with Gasteiger partial charge in [0, 0.05) is 17.1 Å². The second-order valence-electron chi connectivity index (χ2n) is 5.64. The number of ether oxygens (including phenoxy) is 1. The largest absolute Gasteiger partial charge is 0.464 e. The van der Waals surface area contributed by atoms with Gasteiger partial charge >= 0.3 is 5.97 Å². The Kier molecular flexibility index (Phi) is 4.68. The first kappa shape index (κ1) is 17.6. The summed E-state index contributed by atoms with van der Waals surface area (Å²) < 4.78 is 4.67. The van der Waals surface area contributed by atoms with E-state index in [1.807, 2.05) is 30.3 Å². The van der Waals surface area contributed by atoms with Gasteiger partial charge in [-0.3, -0.25) is 10.1 Å². The highest BCUT2D eigenvalue weighted by Crippen LogP contribution is 2.26. The van der Waals surface area contributed by atoms with Crippen molar-refractivity contribution < 1.29 is 14.3 Å². The molecule has 0 saturated carbocycles. The van der Waals surface area contributed by atoms with Crippen molar-refractivity contribution in [1.29, 1.82) is 0 Å². The second-order valence-corrected chi connectivity index (χ2v) is 6.50. The Bertz CT molecular complexity index is 1130. The van der Waals surface area contributed by atoms with Crippen molar-refractivity contribution in [3.05, 3.63) is 65.6 Å². The predicted molar refractivity (Wildman–Crippen MR) is 103 cm³/mol. The number of thiazole rings is 1. The van der Waals surface area contributed by atoms with Gasteiger partial charge in [-0.2, -0.15) is 9.90 Å².